The summed E-state index contributed by atoms with van der Waals surface area (Å²) < 4.78 is 0. The fourth-order valence-corrected chi connectivity index (χ4v) is 3.09. The number of rotatable bonds is 5. The predicted octanol–water partition coefficient (Wildman–Crippen LogP) is 2.63. The van der Waals surface area contributed by atoms with Crippen LogP contribution in [0.4, 0.5) is 5.69 Å². The number of aryl methyl sites for hydroxylation is 2. The second-order valence-electron chi connectivity index (χ2n) is 6.13. The van der Waals surface area contributed by atoms with Gasteiger partial charge in [0.15, 0.2) is 0 Å². The Morgan fingerprint density at radius 1 is 1.08 bits per heavy atom. The van der Waals surface area contributed by atoms with Crippen LogP contribution in [-0.2, 0) is 22.4 Å². The van der Waals surface area contributed by atoms with Crippen LogP contribution in [0, 0.1) is 6.92 Å². The van der Waals surface area contributed by atoms with Gasteiger partial charge in [0, 0.05) is 18.7 Å². The summed E-state index contributed by atoms with van der Waals surface area (Å²) in [5.74, 6) is -0.136. The fraction of sp³-hybridized carbons (Fsp3) is 0.300. The molecule has 0 saturated heterocycles. The number of benzene rings is 2. The minimum atomic E-state index is -0.0842. The van der Waals surface area contributed by atoms with E-state index in [1.54, 1.807) is 4.90 Å². The quantitative estimate of drug-likeness (QED) is 0.920. The number of anilines is 1. The average molecular weight is 322 g/mol. The average Bonchev–Trinajstić information content (AvgIpc) is 3.03. The van der Waals surface area contributed by atoms with Crippen molar-refractivity contribution < 1.29 is 9.59 Å². The van der Waals surface area contributed by atoms with Crippen LogP contribution in [-0.4, -0.2) is 24.9 Å². The smallest absolute Gasteiger partial charge is 0.246 e. The monoisotopic (exact) mass is 322 g/mol. The number of hydrogen-bond donors (Lipinski definition) is 1. The summed E-state index contributed by atoms with van der Waals surface area (Å²) in [5.41, 5.74) is 4.52. The summed E-state index contributed by atoms with van der Waals surface area (Å²) in [4.78, 5) is 26.1. The maximum Gasteiger partial charge on any atom is 0.246 e. The Morgan fingerprint density at radius 2 is 1.83 bits per heavy atom. The second kappa shape index (κ2) is 7.30. The lowest BCUT2D eigenvalue weighted by Crippen LogP contribution is -2.39. The molecule has 2 amide bonds. The van der Waals surface area contributed by atoms with E-state index in [9.17, 15) is 9.59 Å². The second-order valence-corrected chi connectivity index (χ2v) is 6.13. The number of carbonyl (C=O) groups excluding carboxylic acids is 2. The zero-order valence-electron chi connectivity index (χ0n) is 13.9. The van der Waals surface area contributed by atoms with Gasteiger partial charge < -0.3 is 10.2 Å². The molecule has 124 valence electrons. The van der Waals surface area contributed by atoms with Crippen molar-refractivity contribution in [3.63, 3.8) is 0 Å². The van der Waals surface area contributed by atoms with Gasteiger partial charge in [0.1, 0.15) is 0 Å². The van der Waals surface area contributed by atoms with Gasteiger partial charge in [0.2, 0.25) is 11.8 Å². The molecule has 2 aromatic carbocycles. The van der Waals surface area contributed by atoms with Crippen molar-refractivity contribution in [2.75, 3.05) is 18.0 Å². The fourth-order valence-electron chi connectivity index (χ4n) is 3.09. The van der Waals surface area contributed by atoms with Crippen molar-refractivity contribution in [2.45, 2.75) is 26.2 Å². The minimum Gasteiger partial charge on any atom is -0.347 e. The van der Waals surface area contributed by atoms with Gasteiger partial charge in [-0.05, 0) is 42.5 Å². The van der Waals surface area contributed by atoms with Crippen LogP contribution >= 0.6 is 0 Å². The summed E-state index contributed by atoms with van der Waals surface area (Å²) in [6.45, 7) is 2.79. The largest absolute Gasteiger partial charge is 0.347 e. The molecule has 0 fully saturated rings. The summed E-state index contributed by atoms with van der Waals surface area (Å²) in [6.07, 6.45) is 1.97. The molecule has 0 bridgehead atoms. The Hall–Kier alpha value is -2.62. The molecular weight excluding hydrogens is 300 g/mol. The van der Waals surface area contributed by atoms with Gasteiger partial charge >= 0.3 is 0 Å². The first-order valence-electron chi connectivity index (χ1n) is 8.34. The molecule has 0 aromatic heterocycles. The van der Waals surface area contributed by atoms with Gasteiger partial charge in [0.05, 0.1) is 6.54 Å². The van der Waals surface area contributed by atoms with E-state index in [1.807, 2.05) is 55.5 Å². The van der Waals surface area contributed by atoms with E-state index in [0.29, 0.717) is 19.4 Å². The molecule has 1 N–H and O–H groups in total. The van der Waals surface area contributed by atoms with Crippen LogP contribution in [0.1, 0.15) is 23.1 Å². The number of carbonyl (C=O) groups is 2. The molecule has 0 radical (unpaired) electrons. The molecule has 1 aliphatic heterocycles. The van der Waals surface area contributed by atoms with Gasteiger partial charge in [-0.1, -0.05) is 42.5 Å². The predicted molar refractivity (Wildman–Crippen MR) is 95.0 cm³/mol. The van der Waals surface area contributed by atoms with E-state index in [0.717, 1.165) is 12.1 Å². The van der Waals surface area contributed by atoms with Crippen molar-refractivity contribution in [1.29, 1.82) is 0 Å². The van der Waals surface area contributed by atoms with E-state index >= 15 is 0 Å². The highest BCUT2D eigenvalue weighted by Gasteiger charge is 2.23. The van der Waals surface area contributed by atoms with E-state index < -0.39 is 0 Å². The first kappa shape index (κ1) is 16.2. The normalized spacial score (nSPS) is 12.8. The van der Waals surface area contributed by atoms with Gasteiger partial charge in [-0.3, -0.25) is 9.59 Å². The number of fused-ring (bicyclic) bond motifs is 1. The third kappa shape index (κ3) is 3.65. The lowest BCUT2D eigenvalue weighted by atomic mass is 10.0. The van der Waals surface area contributed by atoms with Crippen molar-refractivity contribution in [3.05, 3.63) is 65.2 Å². The molecule has 0 saturated carbocycles. The Bertz CT molecular complexity index is 755. The Kier molecular flexibility index (Phi) is 4.94. The maximum absolute atomic E-state index is 12.4. The molecule has 0 unspecified atom stereocenters. The zero-order chi connectivity index (χ0) is 16.9. The number of nitrogens with one attached hydrogen (secondary N) is 1. The molecule has 24 heavy (non-hydrogen) atoms. The molecular formula is C20H22N2O2. The van der Waals surface area contributed by atoms with Crippen LogP contribution in [0.25, 0.3) is 0 Å². The summed E-state index contributed by atoms with van der Waals surface area (Å²) in [7, 11) is 0. The third-order valence-corrected chi connectivity index (χ3v) is 4.51. The van der Waals surface area contributed by atoms with Crippen molar-refractivity contribution in [3.8, 4) is 0 Å². The van der Waals surface area contributed by atoms with Crippen LogP contribution < -0.4 is 10.2 Å². The highest BCUT2D eigenvalue weighted by Crippen LogP contribution is 2.27. The lowest BCUT2D eigenvalue weighted by molar-refractivity contribution is -0.124. The van der Waals surface area contributed by atoms with Gasteiger partial charge in [-0.25, -0.2) is 0 Å². The van der Waals surface area contributed by atoms with E-state index in [1.165, 1.54) is 16.7 Å². The molecule has 1 aliphatic rings. The first-order chi connectivity index (χ1) is 11.6. The lowest BCUT2D eigenvalue weighted by Gasteiger charge is -2.17. The third-order valence-electron chi connectivity index (χ3n) is 4.51. The number of hydrogen-bond acceptors (Lipinski definition) is 2. The molecule has 0 atom stereocenters. The summed E-state index contributed by atoms with van der Waals surface area (Å²) in [6, 6.07) is 16.0. The molecule has 0 spiro atoms. The molecule has 2 aromatic rings. The Morgan fingerprint density at radius 3 is 2.67 bits per heavy atom. The van der Waals surface area contributed by atoms with E-state index in [4.69, 9.17) is 0 Å². The molecule has 3 rings (SSSR count). The number of para-hydroxylation sites is 1. The first-order valence-corrected chi connectivity index (χ1v) is 8.34. The Balaban J connectivity index is 1.48. The SMILES string of the molecule is Cc1ccccc1CCC(=O)NCC(=O)N1CCc2ccccc21. The molecule has 4 nitrogen and oxygen atoms in total. The number of nitrogens with zero attached hydrogens (tertiary/aromatic N) is 1. The number of amides is 2. The van der Waals surface area contributed by atoms with Gasteiger partial charge in [0.25, 0.3) is 0 Å². The van der Waals surface area contributed by atoms with E-state index in [2.05, 4.69) is 5.32 Å². The highest BCUT2D eigenvalue weighted by atomic mass is 16.2. The van der Waals surface area contributed by atoms with Crippen LogP contribution in [0.2, 0.25) is 0 Å². The molecule has 1 heterocycles. The van der Waals surface area contributed by atoms with Gasteiger partial charge in [-0.2, -0.15) is 0 Å². The topological polar surface area (TPSA) is 49.4 Å². The Labute approximate surface area is 142 Å². The van der Waals surface area contributed by atoms with E-state index in [-0.39, 0.29) is 18.4 Å². The summed E-state index contributed by atoms with van der Waals surface area (Å²) in [5, 5.41) is 2.75. The standard InChI is InChI=1S/C20H22N2O2/c1-15-6-2-3-7-16(15)10-11-19(23)21-14-20(24)22-13-12-17-8-4-5-9-18(17)22/h2-9H,10-14H2,1H3,(H,21,23). The van der Waals surface area contributed by atoms with Crippen molar-refractivity contribution in [2.24, 2.45) is 0 Å². The van der Waals surface area contributed by atoms with Crippen LogP contribution in [0.5, 0.6) is 0 Å². The minimum absolute atomic E-state index is 0.0517. The van der Waals surface area contributed by atoms with Crippen molar-refractivity contribution in [1.82, 2.24) is 5.32 Å². The van der Waals surface area contributed by atoms with Gasteiger partial charge in [-0.15, -0.1) is 0 Å². The van der Waals surface area contributed by atoms with Crippen LogP contribution in [0.3, 0.4) is 0 Å². The highest BCUT2D eigenvalue weighted by molar-refractivity contribution is 5.98. The van der Waals surface area contributed by atoms with Crippen LogP contribution in [0.15, 0.2) is 48.5 Å². The molecule has 4 heteroatoms. The molecule has 0 aliphatic carbocycles. The maximum atomic E-state index is 12.4. The summed E-state index contributed by atoms with van der Waals surface area (Å²) >= 11 is 0. The zero-order valence-corrected chi connectivity index (χ0v) is 13.9. The van der Waals surface area contributed by atoms with Crippen molar-refractivity contribution >= 4 is 17.5 Å².